The molecule has 0 saturated carbocycles. The summed E-state index contributed by atoms with van der Waals surface area (Å²) in [6.45, 7) is 1.91. The Bertz CT molecular complexity index is 1390. The molecule has 6 heteroatoms. The van der Waals surface area contributed by atoms with Crippen LogP contribution >= 0.6 is 11.6 Å². The number of anilines is 1. The molecule has 4 aromatic rings. The lowest BCUT2D eigenvalue weighted by atomic mass is 9.98. The van der Waals surface area contributed by atoms with Crippen molar-refractivity contribution >= 4 is 34.2 Å². The molecule has 1 atom stereocenters. The van der Waals surface area contributed by atoms with Gasteiger partial charge in [-0.1, -0.05) is 41.4 Å². The Morgan fingerprint density at radius 2 is 1.77 bits per heavy atom. The number of aryl methyl sites for hydroxylation is 1. The Labute approximate surface area is 183 Å². The van der Waals surface area contributed by atoms with Crippen LogP contribution in [-0.2, 0) is 0 Å². The van der Waals surface area contributed by atoms with E-state index in [0.717, 1.165) is 11.1 Å². The lowest BCUT2D eigenvalue weighted by Gasteiger charge is -2.25. The smallest absolute Gasteiger partial charge is 0.295 e. The van der Waals surface area contributed by atoms with Gasteiger partial charge in [0.2, 0.25) is 5.76 Å². The average Bonchev–Trinajstić information content (AvgIpc) is 3.07. The molecule has 1 aromatic heterocycles. The van der Waals surface area contributed by atoms with Crippen molar-refractivity contribution in [3.05, 3.63) is 104 Å². The zero-order valence-electron chi connectivity index (χ0n) is 16.9. The van der Waals surface area contributed by atoms with Gasteiger partial charge in [0, 0.05) is 10.7 Å². The Hall–Kier alpha value is -3.57. The summed E-state index contributed by atoms with van der Waals surface area (Å²) in [5.74, 6) is 0.364. The molecule has 0 radical (unpaired) electrons. The summed E-state index contributed by atoms with van der Waals surface area (Å²) >= 11 is 6.21. The number of carbonyl (C=O) groups is 1. The van der Waals surface area contributed by atoms with Crippen molar-refractivity contribution in [2.75, 3.05) is 12.0 Å². The lowest BCUT2D eigenvalue weighted by molar-refractivity contribution is 0.0971. The molecule has 0 fully saturated rings. The van der Waals surface area contributed by atoms with Crippen LogP contribution in [0.2, 0.25) is 5.02 Å². The monoisotopic (exact) mass is 431 g/mol. The summed E-state index contributed by atoms with van der Waals surface area (Å²) < 4.78 is 11.2. The third kappa shape index (κ3) is 3.09. The standard InChI is InChI=1S/C25H18ClNO4/c1-14-6-11-20-19(12-14)23(28)21-22(15-7-9-18(30-2)10-8-15)27(25(29)24(21)31-20)17-5-3-4-16(26)13-17/h3-13,22H,1-2H3. The maximum atomic E-state index is 13.6. The van der Waals surface area contributed by atoms with Crippen molar-refractivity contribution in [2.24, 2.45) is 0 Å². The van der Waals surface area contributed by atoms with Crippen LogP contribution in [0.25, 0.3) is 11.0 Å². The molecule has 1 aliphatic rings. The Morgan fingerprint density at radius 3 is 2.48 bits per heavy atom. The highest BCUT2D eigenvalue weighted by molar-refractivity contribution is 6.31. The second-order valence-electron chi connectivity index (χ2n) is 7.50. The fourth-order valence-corrected chi connectivity index (χ4v) is 4.27. The first-order valence-electron chi connectivity index (χ1n) is 9.78. The van der Waals surface area contributed by atoms with Gasteiger partial charge in [-0.05, 0) is 55.0 Å². The molecule has 0 N–H and O–H groups in total. The fourth-order valence-electron chi connectivity index (χ4n) is 4.08. The van der Waals surface area contributed by atoms with E-state index >= 15 is 0 Å². The number of amides is 1. The summed E-state index contributed by atoms with van der Waals surface area (Å²) in [7, 11) is 1.59. The molecular formula is C25H18ClNO4. The van der Waals surface area contributed by atoms with Crippen molar-refractivity contribution < 1.29 is 13.9 Å². The van der Waals surface area contributed by atoms with Crippen molar-refractivity contribution in [1.29, 1.82) is 0 Å². The number of hydrogen-bond donors (Lipinski definition) is 0. The molecule has 0 bridgehead atoms. The van der Waals surface area contributed by atoms with Gasteiger partial charge in [-0.15, -0.1) is 0 Å². The molecule has 154 valence electrons. The van der Waals surface area contributed by atoms with Crippen LogP contribution in [0.1, 0.15) is 33.3 Å². The van der Waals surface area contributed by atoms with E-state index in [2.05, 4.69) is 0 Å². The molecular weight excluding hydrogens is 414 g/mol. The molecule has 1 amide bonds. The zero-order chi connectivity index (χ0) is 21.7. The molecule has 1 aliphatic heterocycles. The van der Waals surface area contributed by atoms with Gasteiger partial charge in [0.1, 0.15) is 11.3 Å². The quantitative estimate of drug-likeness (QED) is 0.429. The van der Waals surface area contributed by atoms with E-state index in [4.69, 9.17) is 20.8 Å². The van der Waals surface area contributed by atoms with Gasteiger partial charge >= 0.3 is 0 Å². The third-order valence-corrected chi connectivity index (χ3v) is 5.78. The van der Waals surface area contributed by atoms with Crippen LogP contribution in [0.3, 0.4) is 0 Å². The second-order valence-corrected chi connectivity index (χ2v) is 7.94. The van der Waals surface area contributed by atoms with Gasteiger partial charge in [-0.2, -0.15) is 0 Å². The molecule has 5 nitrogen and oxygen atoms in total. The van der Waals surface area contributed by atoms with E-state index in [1.54, 1.807) is 60.5 Å². The lowest BCUT2D eigenvalue weighted by Crippen LogP contribution is -2.29. The Balaban J connectivity index is 1.80. The van der Waals surface area contributed by atoms with Gasteiger partial charge in [-0.3, -0.25) is 14.5 Å². The maximum absolute atomic E-state index is 13.6. The summed E-state index contributed by atoms with van der Waals surface area (Å²) in [6.07, 6.45) is 0. The summed E-state index contributed by atoms with van der Waals surface area (Å²) in [6, 6.07) is 19.0. The highest BCUT2D eigenvalue weighted by Crippen LogP contribution is 2.42. The normalized spacial score (nSPS) is 15.4. The minimum Gasteiger partial charge on any atom is -0.497 e. The summed E-state index contributed by atoms with van der Waals surface area (Å²) in [5, 5.41) is 0.952. The number of benzene rings is 3. The van der Waals surface area contributed by atoms with Gasteiger partial charge in [0.15, 0.2) is 5.43 Å². The number of methoxy groups -OCH3 is 1. The van der Waals surface area contributed by atoms with E-state index in [0.29, 0.717) is 33.0 Å². The molecule has 2 heterocycles. The van der Waals surface area contributed by atoms with Crippen LogP contribution in [0.15, 0.2) is 75.9 Å². The highest BCUT2D eigenvalue weighted by atomic mass is 35.5. The third-order valence-electron chi connectivity index (χ3n) is 5.54. The first kappa shape index (κ1) is 19.4. The SMILES string of the molecule is COc1ccc(C2c3c(oc4ccc(C)cc4c3=O)C(=O)N2c2cccc(Cl)c2)cc1. The topological polar surface area (TPSA) is 59.8 Å². The first-order chi connectivity index (χ1) is 15.0. The van der Waals surface area contributed by atoms with Crippen molar-refractivity contribution in [3.8, 4) is 5.75 Å². The van der Waals surface area contributed by atoms with E-state index in [9.17, 15) is 9.59 Å². The fraction of sp³-hybridized carbons (Fsp3) is 0.120. The van der Waals surface area contributed by atoms with E-state index in [1.807, 2.05) is 25.1 Å². The Morgan fingerprint density at radius 1 is 1.00 bits per heavy atom. The van der Waals surface area contributed by atoms with Crippen molar-refractivity contribution in [1.82, 2.24) is 0 Å². The number of rotatable bonds is 3. The van der Waals surface area contributed by atoms with E-state index < -0.39 is 6.04 Å². The van der Waals surface area contributed by atoms with E-state index in [-0.39, 0.29) is 17.1 Å². The minimum absolute atomic E-state index is 0.0575. The van der Waals surface area contributed by atoms with Crippen LogP contribution < -0.4 is 15.1 Å². The van der Waals surface area contributed by atoms with Gasteiger partial charge in [-0.25, -0.2) is 0 Å². The van der Waals surface area contributed by atoms with Crippen LogP contribution in [0.4, 0.5) is 5.69 Å². The number of nitrogens with zero attached hydrogens (tertiary/aromatic N) is 1. The van der Waals surface area contributed by atoms with Crippen LogP contribution in [0.5, 0.6) is 5.75 Å². The molecule has 3 aromatic carbocycles. The number of fused-ring (bicyclic) bond motifs is 2. The number of halogens is 1. The minimum atomic E-state index is -0.645. The maximum Gasteiger partial charge on any atom is 0.295 e. The van der Waals surface area contributed by atoms with E-state index in [1.165, 1.54) is 0 Å². The predicted octanol–water partition coefficient (Wildman–Crippen LogP) is 5.51. The zero-order valence-corrected chi connectivity index (χ0v) is 17.6. The van der Waals surface area contributed by atoms with Crippen molar-refractivity contribution in [2.45, 2.75) is 13.0 Å². The second kappa shape index (κ2) is 7.29. The van der Waals surface area contributed by atoms with Gasteiger partial charge in [0.25, 0.3) is 5.91 Å². The molecule has 31 heavy (non-hydrogen) atoms. The molecule has 0 spiro atoms. The summed E-state index contributed by atoms with van der Waals surface area (Å²) in [4.78, 5) is 28.6. The molecule has 5 rings (SSSR count). The van der Waals surface area contributed by atoms with Crippen LogP contribution in [-0.4, -0.2) is 13.0 Å². The van der Waals surface area contributed by atoms with Crippen molar-refractivity contribution in [3.63, 3.8) is 0 Å². The first-order valence-corrected chi connectivity index (χ1v) is 10.2. The Kier molecular flexibility index (Phi) is 4.56. The molecule has 1 unspecified atom stereocenters. The number of hydrogen-bond acceptors (Lipinski definition) is 4. The van der Waals surface area contributed by atoms with Gasteiger partial charge in [0.05, 0.1) is 24.1 Å². The summed E-state index contributed by atoms with van der Waals surface area (Å²) in [5.41, 5.74) is 2.81. The number of carbonyl (C=O) groups excluding carboxylic acids is 1. The largest absolute Gasteiger partial charge is 0.497 e. The predicted molar refractivity (Wildman–Crippen MR) is 120 cm³/mol. The highest BCUT2D eigenvalue weighted by Gasteiger charge is 2.43. The number of ether oxygens (including phenoxy) is 1. The molecule has 0 saturated heterocycles. The van der Waals surface area contributed by atoms with Crippen LogP contribution in [0, 0.1) is 6.92 Å². The van der Waals surface area contributed by atoms with Gasteiger partial charge < -0.3 is 9.15 Å². The molecule has 0 aliphatic carbocycles. The average molecular weight is 432 g/mol.